The highest BCUT2D eigenvalue weighted by Gasteiger charge is 2.23. The molecule has 0 spiro atoms. The summed E-state index contributed by atoms with van der Waals surface area (Å²) in [4.78, 5) is 29.3. The molecule has 8 heteroatoms. The van der Waals surface area contributed by atoms with Crippen molar-refractivity contribution in [3.63, 3.8) is 0 Å². The third-order valence-electron chi connectivity index (χ3n) is 5.38. The number of carbonyl (C=O) groups is 2. The number of carbonyl (C=O) groups excluding carboxylic acids is 2. The molecule has 2 aromatic rings. The molecule has 0 unspecified atom stereocenters. The first-order valence-corrected chi connectivity index (χ1v) is 12.2. The van der Waals surface area contributed by atoms with E-state index in [1.807, 2.05) is 54.4 Å². The normalized spacial score (nSPS) is 11.1. The van der Waals surface area contributed by atoms with Crippen molar-refractivity contribution in [1.82, 2.24) is 14.4 Å². The minimum atomic E-state index is -0.195. The standard InChI is InChI=1S/C26H38ClN3O4/c1-5-34-15-9-14-29(26(32)20-33-4)19-25(31)30(16-21(2)3)18-23-11-8-13-28(23)17-22-10-6-7-12-24(22)27/h6-8,10-13,21H,5,9,14-20H2,1-4H3. The van der Waals surface area contributed by atoms with Crippen LogP contribution in [0.15, 0.2) is 42.6 Å². The molecule has 0 bridgehead atoms. The van der Waals surface area contributed by atoms with Gasteiger partial charge in [0.2, 0.25) is 11.8 Å². The molecule has 0 atom stereocenters. The zero-order valence-electron chi connectivity index (χ0n) is 20.8. The summed E-state index contributed by atoms with van der Waals surface area (Å²) < 4.78 is 12.5. The lowest BCUT2D eigenvalue weighted by molar-refractivity contribution is -0.143. The molecule has 2 rings (SSSR count). The number of halogens is 1. The van der Waals surface area contributed by atoms with Gasteiger partial charge in [0.05, 0.1) is 13.1 Å². The van der Waals surface area contributed by atoms with E-state index in [9.17, 15) is 9.59 Å². The van der Waals surface area contributed by atoms with Crippen LogP contribution < -0.4 is 0 Å². The van der Waals surface area contributed by atoms with Crippen molar-refractivity contribution in [3.05, 3.63) is 58.9 Å². The van der Waals surface area contributed by atoms with Gasteiger partial charge in [0.15, 0.2) is 0 Å². The first-order chi connectivity index (χ1) is 16.3. The number of ether oxygens (including phenoxy) is 2. The van der Waals surface area contributed by atoms with Crippen LogP contribution in [0.3, 0.4) is 0 Å². The van der Waals surface area contributed by atoms with Crippen LogP contribution in [0.4, 0.5) is 0 Å². The maximum absolute atomic E-state index is 13.4. The number of amides is 2. The van der Waals surface area contributed by atoms with Gasteiger partial charge >= 0.3 is 0 Å². The second kappa shape index (κ2) is 14.8. The van der Waals surface area contributed by atoms with E-state index in [-0.39, 0.29) is 30.9 Å². The van der Waals surface area contributed by atoms with Gasteiger partial charge in [-0.25, -0.2) is 0 Å². The third-order valence-corrected chi connectivity index (χ3v) is 5.75. The summed E-state index contributed by atoms with van der Waals surface area (Å²) in [6.07, 6.45) is 2.67. The van der Waals surface area contributed by atoms with Crippen LogP contribution in [0.1, 0.15) is 38.4 Å². The van der Waals surface area contributed by atoms with Gasteiger partial charge in [-0.1, -0.05) is 43.6 Å². The lowest BCUT2D eigenvalue weighted by Gasteiger charge is -2.29. The van der Waals surface area contributed by atoms with Crippen molar-refractivity contribution in [2.45, 2.75) is 40.3 Å². The lowest BCUT2D eigenvalue weighted by Crippen LogP contribution is -2.45. The molecule has 34 heavy (non-hydrogen) atoms. The van der Waals surface area contributed by atoms with Crippen molar-refractivity contribution in [2.75, 3.05) is 46.6 Å². The maximum atomic E-state index is 13.4. The average molecular weight is 492 g/mol. The first-order valence-electron chi connectivity index (χ1n) is 11.8. The summed E-state index contributed by atoms with van der Waals surface area (Å²) in [5.74, 6) is 0.0102. The summed E-state index contributed by atoms with van der Waals surface area (Å²) in [5.41, 5.74) is 2.04. The summed E-state index contributed by atoms with van der Waals surface area (Å²) in [6, 6.07) is 11.8. The van der Waals surface area contributed by atoms with Crippen LogP contribution in [-0.2, 0) is 32.2 Å². The van der Waals surface area contributed by atoms with Gasteiger partial charge in [-0.2, -0.15) is 0 Å². The molecular weight excluding hydrogens is 454 g/mol. The van der Waals surface area contributed by atoms with Crippen molar-refractivity contribution in [2.24, 2.45) is 5.92 Å². The fraction of sp³-hybridized carbons (Fsp3) is 0.538. The van der Waals surface area contributed by atoms with Gasteiger partial charge in [-0.15, -0.1) is 0 Å². The van der Waals surface area contributed by atoms with Gasteiger partial charge < -0.3 is 23.8 Å². The fourth-order valence-electron chi connectivity index (χ4n) is 3.72. The molecule has 0 radical (unpaired) electrons. The van der Waals surface area contributed by atoms with Crippen molar-refractivity contribution < 1.29 is 19.1 Å². The summed E-state index contributed by atoms with van der Waals surface area (Å²) in [7, 11) is 1.48. The summed E-state index contributed by atoms with van der Waals surface area (Å²) >= 11 is 6.36. The van der Waals surface area contributed by atoms with E-state index in [1.54, 1.807) is 4.90 Å². The van der Waals surface area contributed by atoms with Gasteiger partial charge in [-0.05, 0) is 43.0 Å². The monoisotopic (exact) mass is 491 g/mol. The minimum Gasteiger partial charge on any atom is -0.382 e. The average Bonchev–Trinajstić information content (AvgIpc) is 3.23. The highest BCUT2D eigenvalue weighted by molar-refractivity contribution is 6.31. The van der Waals surface area contributed by atoms with Crippen LogP contribution in [0.25, 0.3) is 0 Å². The highest BCUT2D eigenvalue weighted by atomic mass is 35.5. The summed E-state index contributed by atoms with van der Waals surface area (Å²) in [6.45, 7) is 9.38. The zero-order valence-corrected chi connectivity index (χ0v) is 21.6. The Morgan fingerprint density at radius 3 is 2.53 bits per heavy atom. The molecule has 0 saturated carbocycles. The number of rotatable bonds is 15. The SMILES string of the molecule is CCOCCCN(CC(=O)N(Cc1cccn1Cc1ccccc1Cl)CC(C)C)C(=O)COC. The molecule has 2 amide bonds. The molecule has 0 aliphatic carbocycles. The number of hydrogen-bond acceptors (Lipinski definition) is 4. The predicted molar refractivity (Wildman–Crippen MR) is 135 cm³/mol. The van der Waals surface area contributed by atoms with Crippen molar-refractivity contribution >= 4 is 23.4 Å². The summed E-state index contributed by atoms with van der Waals surface area (Å²) in [5, 5.41) is 0.719. The van der Waals surface area contributed by atoms with Crippen LogP contribution in [0, 0.1) is 5.92 Å². The molecule has 1 heterocycles. The second-order valence-electron chi connectivity index (χ2n) is 8.69. The van der Waals surface area contributed by atoms with Crippen LogP contribution in [0.5, 0.6) is 0 Å². The molecule has 0 aliphatic rings. The maximum Gasteiger partial charge on any atom is 0.249 e. The van der Waals surface area contributed by atoms with E-state index in [0.29, 0.717) is 45.8 Å². The Kier molecular flexibility index (Phi) is 12.2. The van der Waals surface area contributed by atoms with Crippen molar-refractivity contribution in [1.29, 1.82) is 0 Å². The quantitative estimate of drug-likeness (QED) is 0.352. The number of nitrogens with zero attached hydrogens (tertiary/aromatic N) is 3. The number of aromatic nitrogens is 1. The highest BCUT2D eigenvalue weighted by Crippen LogP contribution is 2.18. The predicted octanol–water partition coefficient (Wildman–Crippen LogP) is 4.08. The fourth-order valence-corrected chi connectivity index (χ4v) is 3.92. The van der Waals surface area contributed by atoms with Gasteiger partial charge in [-0.3, -0.25) is 9.59 Å². The Morgan fingerprint density at radius 2 is 1.85 bits per heavy atom. The second-order valence-corrected chi connectivity index (χ2v) is 9.09. The van der Waals surface area contributed by atoms with Gasteiger partial charge in [0, 0.05) is 56.9 Å². The first kappa shape index (κ1) is 27.9. The molecular formula is C26H38ClN3O4. The Morgan fingerprint density at radius 1 is 1.09 bits per heavy atom. The zero-order chi connectivity index (χ0) is 24.9. The smallest absolute Gasteiger partial charge is 0.249 e. The number of methoxy groups -OCH3 is 1. The van der Waals surface area contributed by atoms with Crippen molar-refractivity contribution in [3.8, 4) is 0 Å². The minimum absolute atomic E-state index is 0.0201. The molecule has 1 aromatic carbocycles. The van der Waals surface area contributed by atoms with E-state index in [0.717, 1.165) is 16.3 Å². The number of benzene rings is 1. The Hall–Kier alpha value is -2.35. The van der Waals surface area contributed by atoms with Crippen LogP contribution in [-0.4, -0.2) is 72.7 Å². The van der Waals surface area contributed by atoms with Crippen LogP contribution >= 0.6 is 11.6 Å². The van der Waals surface area contributed by atoms with E-state index in [4.69, 9.17) is 21.1 Å². The van der Waals surface area contributed by atoms with E-state index in [1.165, 1.54) is 7.11 Å². The topological polar surface area (TPSA) is 64.0 Å². The largest absolute Gasteiger partial charge is 0.382 e. The van der Waals surface area contributed by atoms with E-state index >= 15 is 0 Å². The Balaban J connectivity index is 2.13. The molecule has 0 N–H and O–H groups in total. The molecule has 1 aromatic heterocycles. The lowest BCUT2D eigenvalue weighted by atomic mass is 10.2. The third kappa shape index (κ3) is 9.12. The van der Waals surface area contributed by atoms with Gasteiger partial charge in [0.25, 0.3) is 0 Å². The molecule has 0 saturated heterocycles. The molecule has 0 aliphatic heterocycles. The van der Waals surface area contributed by atoms with E-state index in [2.05, 4.69) is 18.4 Å². The molecule has 7 nitrogen and oxygen atoms in total. The van der Waals surface area contributed by atoms with E-state index < -0.39 is 0 Å². The van der Waals surface area contributed by atoms with Crippen LogP contribution in [0.2, 0.25) is 5.02 Å². The Labute approximate surface area is 208 Å². The Bertz CT molecular complexity index is 900. The molecule has 188 valence electrons. The molecule has 0 fully saturated rings. The number of hydrogen-bond donors (Lipinski definition) is 0. The van der Waals surface area contributed by atoms with Gasteiger partial charge in [0.1, 0.15) is 6.61 Å².